The van der Waals surface area contributed by atoms with E-state index in [1.165, 1.54) is 29.8 Å². The van der Waals surface area contributed by atoms with E-state index in [9.17, 15) is 9.59 Å². The number of methoxy groups -OCH3 is 1. The van der Waals surface area contributed by atoms with E-state index in [1.54, 1.807) is 7.11 Å². The first-order valence-corrected chi connectivity index (χ1v) is 11.8. The fourth-order valence-corrected chi connectivity index (χ4v) is 5.13. The highest BCUT2D eigenvalue weighted by atomic mass is 32.1. The zero-order valence-corrected chi connectivity index (χ0v) is 18.8. The lowest BCUT2D eigenvalue weighted by atomic mass is 9.97. The first-order chi connectivity index (χ1) is 15.1. The number of nitrogens with one attached hydrogen (secondary N) is 1. The monoisotopic (exact) mass is 439 g/mol. The second kappa shape index (κ2) is 10.1. The lowest BCUT2D eigenvalue weighted by molar-refractivity contribution is -0.130. The Morgan fingerprint density at radius 2 is 2.06 bits per heavy atom. The van der Waals surface area contributed by atoms with Crippen molar-refractivity contribution in [2.24, 2.45) is 0 Å². The third kappa shape index (κ3) is 5.53. The second-order valence-electron chi connectivity index (χ2n) is 8.09. The number of rotatable bonds is 6. The van der Waals surface area contributed by atoms with E-state index in [2.05, 4.69) is 16.4 Å². The summed E-state index contributed by atoms with van der Waals surface area (Å²) in [6.45, 7) is 1.80. The zero-order valence-electron chi connectivity index (χ0n) is 18.0. The summed E-state index contributed by atoms with van der Waals surface area (Å²) < 4.78 is 5.23. The van der Waals surface area contributed by atoms with Crippen molar-refractivity contribution in [3.05, 3.63) is 57.1 Å². The molecule has 0 saturated carbocycles. The summed E-state index contributed by atoms with van der Waals surface area (Å²) in [7, 11) is 1.63. The second-order valence-corrected chi connectivity index (χ2v) is 9.17. The molecule has 1 aliphatic heterocycles. The Hall–Kier alpha value is -2.67. The molecule has 2 amide bonds. The van der Waals surface area contributed by atoms with Crippen LogP contribution in [0.4, 0.5) is 0 Å². The number of ether oxygens (including phenoxy) is 1. The van der Waals surface area contributed by atoms with Gasteiger partial charge in [-0.25, -0.2) is 4.98 Å². The lowest BCUT2D eigenvalue weighted by Gasteiger charge is -2.22. The van der Waals surface area contributed by atoms with Crippen LogP contribution >= 0.6 is 11.3 Å². The molecule has 0 saturated heterocycles. The van der Waals surface area contributed by atoms with Gasteiger partial charge >= 0.3 is 0 Å². The molecule has 0 radical (unpaired) electrons. The fraction of sp³-hybridized carbons (Fsp3) is 0.458. The lowest BCUT2D eigenvalue weighted by Crippen LogP contribution is -2.33. The maximum absolute atomic E-state index is 12.7. The predicted octanol–water partition coefficient (Wildman–Crippen LogP) is 3.90. The molecule has 2 heterocycles. The van der Waals surface area contributed by atoms with Crippen molar-refractivity contribution in [1.82, 2.24) is 15.2 Å². The van der Waals surface area contributed by atoms with Crippen LogP contribution in [0.25, 0.3) is 0 Å². The third-order valence-electron chi connectivity index (χ3n) is 5.90. The van der Waals surface area contributed by atoms with E-state index < -0.39 is 0 Å². The number of fused-ring (bicyclic) bond motifs is 1. The highest BCUT2D eigenvalue weighted by Gasteiger charge is 2.24. The van der Waals surface area contributed by atoms with Crippen LogP contribution in [0, 0.1) is 0 Å². The summed E-state index contributed by atoms with van der Waals surface area (Å²) in [6.07, 6.45) is 8.87. The van der Waals surface area contributed by atoms with Crippen molar-refractivity contribution in [3.8, 4) is 5.75 Å². The van der Waals surface area contributed by atoms with Crippen LogP contribution in [0.2, 0.25) is 0 Å². The zero-order chi connectivity index (χ0) is 21.6. The van der Waals surface area contributed by atoms with E-state index >= 15 is 0 Å². The molecular formula is C24H29N3O3S. The summed E-state index contributed by atoms with van der Waals surface area (Å²) in [5.41, 5.74) is 3.24. The highest BCUT2D eigenvalue weighted by Crippen LogP contribution is 2.25. The quantitative estimate of drug-likeness (QED) is 0.693. The Morgan fingerprint density at radius 3 is 2.87 bits per heavy atom. The summed E-state index contributed by atoms with van der Waals surface area (Å²) >= 11 is 1.45. The molecule has 1 N–H and O–H groups in total. The van der Waals surface area contributed by atoms with Gasteiger partial charge in [-0.1, -0.05) is 23.8 Å². The smallest absolute Gasteiger partial charge is 0.280 e. The summed E-state index contributed by atoms with van der Waals surface area (Å²) in [5.74, 6) is 0.837. The molecule has 1 aromatic heterocycles. The number of thiazole rings is 1. The topological polar surface area (TPSA) is 71.5 Å². The first-order valence-electron chi connectivity index (χ1n) is 11.0. The average Bonchev–Trinajstić information content (AvgIpc) is 3.11. The Balaban J connectivity index is 1.32. The minimum atomic E-state index is -0.155. The number of carbonyl (C=O) groups is 2. The molecule has 0 bridgehead atoms. The van der Waals surface area contributed by atoms with E-state index in [4.69, 9.17) is 4.74 Å². The molecule has 1 aliphatic carbocycles. The van der Waals surface area contributed by atoms with Gasteiger partial charge in [-0.2, -0.15) is 0 Å². The Bertz CT molecular complexity index is 957. The van der Waals surface area contributed by atoms with Gasteiger partial charge in [0, 0.05) is 43.8 Å². The highest BCUT2D eigenvalue weighted by molar-refractivity contribution is 7.13. The number of hydrogen-bond acceptors (Lipinski definition) is 5. The summed E-state index contributed by atoms with van der Waals surface area (Å²) in [6, 6.07) is 7.65. The molecule has 4 rings (SSSR count). The Morgan fingerprint density at radius 1 is 1.19 bits per heavy atom. The van der Waals surface area contributed by atoms with Gasteiger partial charge in [0.05, 0.1) is 12.8 Å². The average molecular weight is 440 g/mol. The maximum Gasteiger partial charge on any atom is 0.280 e. The van der Waals surface area contributed by atoms with Crippen LogP contribution in [0.15, 0.2) is 35.9 Å². The van der Waals surface area contributed by atoms with Crippen molar-refractivity contribution in [2.75, 3.05) is 20.2 Å². The van der Waals surface area contributed by atoms with E-state index in [-0.39, 0.29) is 11.8 Å². The normalized spacial score (nSPS) is 16.2. The number of aromatic nitrogens is 1. The van der Waals surface area contributed by atoms with Gasteiger partial charge in [0.1, 0.15) is 5.75 Å². The first kappa shape index (κ1) is 21.6. The number of nitrogens with zero attached hydrogens (tertiary/aromatic N) is 2. The van der Waals surface area contributed by atoms with Gasteiger partial charge in [0.15, 0.2) is 5.01 Å². The van der Waals surface area contributed by atoms with E-state index in [1.807, 2.05) is 29.2 Å². The van der Waals surface area contributed by atoms with E-state index in [0.29, 0.717) is 37.5 Å². The molecule has 7 heteroatoms. The van der Waals surface area contributed by atoms with Crippen LogP contribution in [-0.4, -0.2) is 41.9 Å². The molecule has 1 aromatic carbocycles. The molecule has 2 aromatic rings. The van der Waals surface area contributed by atoms with E-state index in [0.717, 1.165) is 41.1 Å². The largest absolute Gasteiger partial charge is 0.497 e. The molecule has 0 atom stereocenters. The van der Waals surface area contributed by atoms with Gasteiger partial charge in [-0.15, -0.1) is 11.3 Å². The van der Waals surface area contributed by atoms with Crippen molar-refractivity contribution in [1.29, 1.82) is 0 Å². The molecule has 2 aliphatic rings. The maximum atomic E-state index is 12.7. The van der Waals surface area contributed by atoms with Crippen molar-refractivity contribution in [2.45, 2.75) is 51.5 Å². The van der Waals surface area contributed by atoms with Gasteiger partial charge < -0.3 is 15.0 Å². The van der Waals surface area contributed by atoms with Crippen molar-refractivity contribution >= 4 is 23.2 Å². The van der Waals surface area contributed by atoms with Gasteiger partial charge in [0.25, 0.3) is 5.91 Å². The van der Waals surface area contributed by atoms with Crippen molar-refractivity contribution in [3.63, 3.8) is 0 Å². The number of carbonyl (C=O) groups excluding carboxylic acids is 2. The molecular weight excluding hydrogens is 410 g/mol. The van der Waals surface area contributed by atoms with Gasteiger partial charge in [-0.3, -0.25) is 9.59 Å². The van der Waals surface area contributed by atoms with Crippen LogP contribution in [-0.2, 0) is 24.2 Å². The minimum absolute atomic E-state index is 0.155. The molecule has 6 nitrogen and oxygen atoms in total. The van der Waals surface area contributed by atoms with Crippen molar-refractivity contribution < 1.29 is 14.3 Å². The fourth-order valence-electron chi connectivity index (χ4n) is 4.12. The van der Waals surface area contributed by atoms with Gasteiger partial charge in [-0.05, 0) is 43.4 Å². The number of benzene rings is 1. The standard InChI is InChI=1S/C24H29N3O3S/c1-30-19-9-5-8-18(14-19)16-25-23(29)24-26-20-10-12-27(13-11-21(20)31-24)22(28)15-17-6-3-2-4-7-17/h5-6,8-9,14H,2-4,7,10-13,15-16H2,1H3,(H,25,29). The Labute approximate surface area is 187 Å². The summed E-state index contributed by atoms with van der Waals surface area (Å²) in [4.78, 5) is 33.0. The van der Waals surface area contributed by atoms with Crippen LogP contribution < -0.4 is 10.1 Å². The Kier molecular flexibility index (Phi) is 7.02. The SMILES string of the molecule is COc1cccc(CNC(=O)c2nc3c(s2)CCN(C(=O)CC2=CCCCC2)CC3)c1. The summed E-state index contributed by atoms with van der Waals surface area (Å²) in [5, 5.41) is 3.45. The molecule has 0 unspecified atom stereocenters. The third-order valence-corrected chi connectivity index (χ3v) is 7.06. The van der Waals surface area contributed by atoms with Crippen LogP contribution in [0.5, 0.6) is 5.75 Å². The van der Waals surface area contributed by atoms with Crippen LogP contribution in [0.1, 0.15) is 58.0 Å². The van der Waals surface area contributed by atoms with Gasteiger partial charge in [0.2, 0.25) is 5.91 Å². The molecule has 31 heavy (non-hydrogen) atoms. The molecule has 0 spiro atoms. The molecule has 164 valence electrons. The number of amides is 2. The predicted molar refractivity (Wildman–Crippen MR) is 121 cm³/mol. The number of allylic oxidation sites excluding steroid dienone is 1. The molecule has 0 fully saturated rings. The number of hydrogen-bond donors (Lipinski definition) is 1. The van der Waals surface area contributed by atoms with Crippen LogP contribution in [0.3, 0.4) is 0 Å². The minimum Gasteiger partial charge on any atom is -0.497 e.